The summed E-state index contributed by atoms with van der Waals surface area (Å²) < 4.78 is 0.320. The maximum Gasteiger partial charge on any atom is 0.189 e. The zero-order valence-corrected chi connectivity index (χ0v) is 19.7. The number of rotatable bonds is 5. The van der Waals surface area contributed by atoms with Gasteiger partial charge in [-0.25, -0.2) is 0 Å². The van der Waals surface area contributed by atoms with E-state index in [-0.39, 0.29) is 19.6 Å². The molecule has 0 fully saturated rings. The van der Waals surface area contributed by atoms with Gasteiger partial charge in [0.15, 0.2) is 11.0 Å². The molecule has 0 aliphatic heterocycles. The number of halogens is 1. The maximum absolute atomic E-state index is 13.0. The van der Waals surface area contributed by atoms with Crippen LogP contribution in [0, 0.1) is 41.5 Å². The minimum atomic E-state index is -0.377. The molecule has 2 atom stereocenters. The molecule has 0 N–H and O–H groups in total. The Balaban J connectivity index is 2.43. The Morgan fingerprint density at radius 1 is 0.808 bits per heavy atom. The highest BCUT2D eigenvalue weighted by molar-refractivity contribution is 14.1. The van der Waals surface area contributed by atoms with Crippen molar-refractivity contribution in [2.45, 2.75) is 52.4 Å². The van der Waals surface area contributed by atoms with Crippen molar-refractivity contribution in [2.24, 2.45) is 0 Å². The lowest BCUT2D eigenvalue weighted by atomic mass is 9.92. The van der Waals surface area contributed by atoms with Crippen molar-refractivity contribution in [1.29, 1.82) is 0 Å². The molecule has 2 rings (SSSR count). The van der Waals surface area contributed by atoms with Gasteiger partial charge in [0.1, 0.15) is 0 Å². The molecule has 26 heavy (non-hydrogen) atoms. The fraction of sp³-hybridized carbons (Fsp3) is 0.364. The summed E-state index contributed by atoms with van der Waals surface area (Å²) in [5.74, 6) is 0. The summed E-state index contributed by atoms with van der Waals surface area (Å²) in [5.41, 5.74) is 8.75. The van der Waals surface area contributed by atoms with Crippen LogP contribution in [0.4, 0.5) is 0 Å². The van der Waals surface area contributed by atoms with Gasteiger partial charge in [-0.2, -0.15) is 0 Å². The van der Waals surface area contributed by atoms with Crippen LogP contribution < -0.4 is 0 Å². The molecule has 0 heterocycles. The summed E-state index contributed by atoms with van der Waals surface area (Å²) in [7, 11) is -0.377. The molecule has 0 aliphatic carbocycles. The molecule has 0 spiro atoms. The van der Waals surface area contributed by atoms with Gasteiger partial charge in [-0.15, -0.1) is 0 Å². The first kappa shape index (κ1) is 21.2. The van der Waals surface area contributed by atoms with E-state index >= 15 is 0 Å². The number of benzene rings is 2. The van der Waals surface area contributed by atoms with Gasteiger partial charge in [0.2, 0.25) is 0 Å². The molecule has 2 aromatic carbocycles. The predicted molar refractivity (Wildman–Crippen MR) is 121 cm³/mol. The number of aryl methyl sites for hydroxylation is 5. The molecule has 0 saturated heterocycles. The standard InChI is InChI=1S/C22H26IO2P/c1-11-8-12(2)18(13(3)9-11)21(24)26-22(25)20-15(5)10-14(4)19(16(20)6)17(7)23/h8-10,17,26H,1-7H3/t17-/m0/s1. The van der Waals surface area contributed by atoms with Crippen molar-refractivity contribution >= 4 is 42.2 Å². The second kappa shape index (κ2) is 8.31. The molecule has 0 amide bonds. The van der Waals surface area contributed by atoms with Crippen molar-refractivity contribution in [3.63, 3.8) is 0 Å². The number of hydrogen-bond donors (Lipinski definition) is 0. The summed E-state index contributed by atoms with van der Waals surface area (Å²) in [4.78, 5) is 25.9. The lowest BCUT2D eigenvalue weighted by molar-refractivity contribution is 0.105. The third-order valence-corrected chi connectivity index (χ3v) is 6.36. The molecule has 138 valence electrons. The average molecular weight is 480 g/mol. The Morgan fingerprint density at radius 2 is 1.27 bits per heavy atom. The predicted octanol–water partition coefficient (Wildman–Crippen LogP) is 6.69. The number of carbonyl (C=O) groups is 2. The lowest BCUT2D eigenvalue weighted by Crippen LogP contribution is -2.09. The Labute approximate surface area is 172 Å². The zero-order valence-electron chi connectivity index (χ0n) is 16.5. The van der Waals surface area contributed by atoms with Gasteiger partial charge in [-0.3, -0.25) is 9.59 Å². The minimum absolute atomic E-state index is 0.0531. The first-order valence-corrected chi connectivity index (χ1v) is 11.0. The van der Waals surface area contributed by atoms with E-state index in [4.69, 9.17) is 0 Å². The first-order valence-electron chi connectivity index (χ1n) is 8.72. The number of alkyl halides is 1. The quantitative estimate of drug-likeness (QED) is 0.272. The molecular weight excluding hydrogens is 454 g/mol. The molecule has 2 aromatic rings. The van der Waals surface area contributed by atoms with Crippen molar-refractivity contribution in [3.05, 3.63) is 68.3 Å². The highest BCUT2D eigenvalue weighted by Crippen LogP contribution is 2.36. The van der Waals surface area contributed by atoms with Gasteiger partial charge in [0.05, 0.1) is 0 Å². The van der Waals surface area contributed by atoms with E-state index < -0.39 is 0 Å². The molecular formula is C22H26IO2P. The van der Waals surface area contributed by atoms with E-state index in [9.17, 15) is 9.59 Å². The highest BCUT2D eigenvalue weighted by Gasteiger charge is 2.23. The molecule has 2 nitrogen and oxygen atoms in total. The van der Waals surface area contributed by atoms with E-state index in [0.29, 0.717) is 9.49 Å². The molecule has 0 radical (unpaired) electrons. The van der Waals surface area contributed by atoms with E-state index in [1.807, 2.05) is 46.8 Å². The van der Waals surface area contributed by atoms with Crippen LogP contribution in [-0.4, -0.2) is 11.0 Å². The Bertz CT molecular complexity index is 874. The van der Waals surface area contributed by atoms with Gasteiger partial charge in [-0.1, -0.05) is 46.4 Å². The van der Waals surface area contributed by atoms with Crippen LogP contribution in [-0.2, 0) is 0 Å². The highest BCUT2D eigenvalue weighted by atomic mass is 127. The van der Waals surface area contributed by atoms with E-state index in [2.05, 4.69) is 42.5 Å². The van der Waals surface area contributed by atoms with Crippen LogP contribution in [0.1, 0.15) is 70.5 Å². The van der Waals surface area contributed by atoms with Crippen LogP contribution in [0.15, 0.2) is 18.2 Å². The van der Waals surface area contributed by atoms with Gasteiger partial charge < -0.3 is 0 Å². The summed E-state index contributed by atoms with van der Waals surface area (Å²) in [6, 6.07) is 6.09. The molecule has 4 heteroatoms. The molecule has 0 bridgehead atoms. The zero-order chi connectivity index (χ0) is 19.8. The van der Waals surface area contributed by atoms with E-state index in [1.54, 1.807) is 0 Å². The van der Waals surface area contributed by atoms with Crippen LogP contribution in [0.2, 0.25) is 0 Å². The number of hydrogen-bond acceptors (Lipinski definition) is 2. The molecule has 0 saturated carbocycles. The molecule has 1 unspecified atom stereocenters. The summed E-state index contributed by atoms with van der Waals surface area (Å²) >= 11 is 2.38. The van der Waals surface area contributed by atoms with Crippen LogP contribution in [0.3, 0.4) is 0 Å². The SMILES string of the molecule is Cc1cc(C)c(C(=O)PC(=O)c2c(C)cc(C)c([C@H](C)I)c2C)c(C)c1. The summed E-state index contributed by atoms with van der Waals surface area (Å²) in [6.07, 6.45) is 0. The summed E-state index contributed by atoms with van der Waals surface area (Å²) in [6.45, 7) is 14.1. The van der Waals surface area contributed by atoms with Gasteiger partial charge >= 0.3 is 0 Å². The molecule has 0 aliphatic rings. The number of carbonyl (C=O) groups excluding carboxylic acids is 2. The van der Waals surface area contributed by atoms with Crippen molar-refractivity contribution < 1.29 is 9.59 Å². The normalized spacial score (nSPS) is 12.6. The van der Waals surface area contributed by atoms with Gasteiger partial charge in [-0.05, 0) is 81.8 Å². The largest absolute Gasteiger partial charge is 0.289 e. The smallest absolute Gasteiger partial charge is 0.189 e. The van der Waals surface area contributed by atoms with E-state index in [0.717, 1.165) is 33.4 Å². The fourth-order valence-electron chi connectivity index (χ4n) is 3.93. The minimum Gasteiger partial charge on any atom is -0.289 e. The van der Waals surface area contributed by atoms with Gasteiger partial charge in [0, 0.05) is 23.6 Å². The third kappa shape index (κ3) is 4.26. The summed E-state index contributed by atoms with van der Waals surface area (Å²) in [5, 5.41) is 0. The van der Waals surface area contributed by atoms with Crippen molar-refractivity contribution in [2.75, 3.05) is 0 Å². The van der Waals surface area contributed by atoms with Crippen molar-refractivity contribution in [3.8, 4) is 0 Å². The molecule has 0 aromatic heterocycles. The third-order valence-electron chi connectivity index (χ3n) is 4.79. The van der Waals surface area contributed by atoms with Gasteiger partial charge in [0.25, 0.3) is 0 Å². The van der Waals surface area contributed by atoms with E-state index in [1.165, 1.54) is 11.1 Å². The Morgan fingerprint density at radius 3 is 1.77 bits per heavy atom. The monoisotopic (exact) mass is 480 g/mol. The van der Waals surface area contributed by atoms with Crippen LogP contribution in [0.5, 0.6) is 0 Å². The maximum atomic E-state index is 13.0. The lowest BCUT2D eigenvalue weighted by Gasteiger charge is -2.18. The van der Waals surface area contributed by atoms with Crippen LogP contribution in [0.25, 0.3) is 0 Å². The van der Waals surface area contributed by atoms with Crippen molar-refractivity contribution in [1.82, 2.24) is 0 Å². The average Bonchev–Trinajstić information content (AvgIpc) is 2.44. The Hall–Kier alpha value is -1.06. The fourth-order valence-corrected chi connectivity index (χ4v) is 6.12. The first-order chi connectivity index (χ1) is 12.0. The van der Waals surface area contributed by atoms with Crippen LogP contribution >= 0.6 is 31.2 Å². The Kier molecular flexibility index (Phi) is 6.79. The second-order valence-electron chi connectivity index (χ2n) is 7.10. The second-order valence-corrected chi connectivity index (χ2v) is 10.1. The topological polar surface area (TPSA) is 34.1 Å².